The van der Waals surface area contributed by atoms with Crippen LogP contribution in [0.1, 0.15) is 10.4 Å². The van der Waals surface area contributed by atoms with E-state index in [2.05, 4.69) is 29.6 Å². The second kappa shape index (κ2) is 8.81. The van der Waals surface area contributed by atoms with E-state index >= 15 is 0 Å². The van der Waals surface area contributed by atoms with Crippen molar-refractivity contribution in [2.45, 2.75) is 0 Å². The maximum absolute atomic E-state index is 13.2. The first kappa shape index (κ1) is 19.0. The Kier molecular flexibility index (Phi) is 5.79. The second-order valence-corrected chi connectivity index (χ2v) is 8.67. The van der Waals surface area contributed by atoms with Crippen molar-refractivity contribution in [3.63, 3.8) is 0 Å². The van der Waals surface area contributed by atoms with E-state index in [9.17, 15) is 9.18 Å². The predicted octanol–water partition coefficient (Wildman–Crippen LogP) is 4.84. The molecule has 0 heterocycles. The Morgan fingerprint density at radius 1 is 0.655 bits per heavy atom. The average molecular weight is 399 g/mol. The highest BCUT2D eigenvalue weighted by Gasteiger charge is 2.22. The molecule has 0 aliphatic carbocycles. The van der Waals surface area contributed by atoms with Gasteiger partial charge in [-0.25, -0.2) is 4.39 Å². The van der Waals surface area contributed by atoms with E-state index in [1.165, 1.54) is 22.7 Å². The Hall–Kier alpha value is -3.29. The number of carbonyl (C=O) groups is 1. The summed E-state index contributed by atoms with van der Waals surface area (Å²) in [5.74, 6) is -0.536. The number of benzene rings is 4. The van der Waals surface area contributed by atoms with Crippen LogP contribution in [0.5, 0.6) is 0 Å². The normalized spacial score (nSPS) is 10.7. The van der Waals surface area contributed by atoms with Gasteiger partial charge in [-0.3, -0.25) is 4.79 Å². The summed E-state index contributed by atoms with van der Waals surface area (Å²) in [6, 6.07) is 34.0. The van der Waals surface area contributed by atoms with Crippen LogP contribution < -0.4 is 21.2 Å². The maximum atomic E-state index is 13.2. The van der Waals surface area contributed by atoms with Crippen LogP contribution in [0.25, 0.3) is 0 Å². The van der Waals surface area contributed by atoms with Gasteiger partial charge in [0.25, 0.3) is 5.91 Å². The molecule has 0 bridgehead atoms. The molecule has 1 amide bonds. The van der Waals surface area contributed by atoms with E-state index in [0.29, 0.717) is 11.3 Å². The van der Waals surface area contributed by atoms with Crippen molar-refractivity contribution in [3.8, 4) is 0 Å². The topological polar surface area (TPSA) is 29.1 Å². The van der Waals surface area contributed by atoms with Gasteiger partial charge in [-0.15, -0.1) is 0 Å². The molecule has 4 aromatic carbocycles. The van der Waals surface area contributed by atoms with Crippen molar-refractivity contribution in [1.82, 2.24) is 0 Å². The molecule has 142 valence electrons. The van der Waals surface area contributed by atoms with Crippen LogP contribution in [0.15, 0.2) is 109 Å². The van der Waals surface area contributed by atoms with Crippen LogP contribution in [0.4, 0.5) is 10.1 Å². The summed E-state index contributed by atoms with van der Waals surface area (Å²) in [5, 5.41) is 6.23. The van der Waals surface area contributed by atoms with Gasteiger partial charge in [-0.05, 0) is 54.2 Å². The molecule has 4 rings (SSSR count). The highest BCUT2D eigenvalue weighted by atomic mass is 31.1. The first-order chi connectivity index (χ1) is 14.2. The molecule has 0 unspecified atom stereocenters. The molecule has 4 heteroatoms. The van der Waals surface area contributed by atoms with Gasteiger partial charge in [-0.1, -0.05) is 78.9 Å². The molecule has 0 saturated heterocycles. The minimum absolute atomic E-state index is 0.202. The molecule has 0 fully saturated rings. The highest BCUT2D eigenvalue weighted by molar-refractivity contribution is 7.80. The van der Waals surface area contributed by atoms with Crippen molar-refractivity contribution in [1.29, 1.82) is 0 Å². The number of carbonyl (C=O) groups excluding carboxylic acids is 1. The molecule has 0 atom stereocenters. The molecular formula is C25H19FNOP. The number of rotatable bonds is 5. The zero-order valence-electron chi connectivity index (χ0n) is 15.6. The van der Waals surface area contributed by atoms with Gasteiger partial charge >= 0.3 is 0 Å². The molecular weight excluding hydrogens is 380 g/mol. The van der Waals surface area contributed by atoms with Crippen molar-refractivity contribution in [2.24, 2.45) is 0 Å². The van der Waals surface area contributed by atoms with Gasteiger partial charge in [0, 0.05) is 11.3 Å². The summed E-state index contributed by atoms with van der Waals surface area (Å²) in [4.78, 5) is 13.1. The molecule has 4 aromatic rings. The van der Waals surface area contributed by atoms with Gasteiger partial charge in [0.1, 0.15) is 5.82 Å². The van der Waals surface area contributed by atoms with Crippen molar-refractivity contribution in [2.75, 3.05) is 5.32 Å². The van der Waals surface area contributed by atoms with Crippen LogP contribution in [0, 0.1) is 5.82 Å². The van der Waals surface area contributed by atoms with Crippen LogP contribution in [0.2, 0.25) is 0 Å². The fraction of sp³-hybridized carbons (Fsp3) is 0. The third kappa shape index (κ3) is 4.42. The fourth-order valence-corrected chi connectivity index (χ4v) is 5.62. The van der Waals surface area contributed by atoms with Gasteiger partial charge < -0.3 is 5.32 Å². The van der Waals surface area contributed by atoms with Gasteiger partial charge in [0.05, 0.1) is 0 Å². The second-order valence-electron chi connectivity index (χ2n) is 6.48. The maximum Gasteiger partial charge on any atom is 0.256 e. The molecule has 0 aliphatic heterocycles. The van der Waals surface area contributed by atoms with E-state index in [0.717, 1.165) is 5.30 Å². The molecule has 1 N–H and O–H groups in total. The average Bonchev–Trinajstić information content (AvgIpc) is 2.77. The Labute approximate surface area is 170 Å². The highest BCUT2D eigenvalue weighted by Crippen LogP contribution is 2.34. The van der Waals surface area contributed by atoms with Crippen LogP contribution >= 0.6 is 7.92 Å². The van der Waals surface area contributed by atoms with Crippen molar-refractivity contribution < 1.29 is 9.18 Å². The van der Waals surface area contributed by atoms with Gasteiger partial charge in [-0.2, -0.15) is 0 Å². The summed E-state index contributed by atoms with van der Waals surface area (Å²) in [5.41, 5.74) is 1.19. The number of anilines is 1. The summed E-state index contributed by atoms with van der Waals surface area (Å²) in [6.07, 6.45) is 0. The smallest absolute Gasteiger partial charge is 0.256 e. The van der Waals surface area contributed by atoms with Crippen molar-refractivity contribution >= 4 is 35.4 Å². The molecule has 2 nitrogen and oxygen atoms in total. The van der Waals surface area contributed by atoms with E-state index in [1.54, 1.807) is 12.1 Å². The predicted molar refractivity (Wildman–Crippen MR) is 120 cm³/mol. The van der Waals surface area contributed by atoms with Crippen LogP contribution in [-0.4, -0.2) is 5.91 Å². The summed E-state index contributed by atoms with van der Waals surface area (Å²) in [7, 11) is -0.900. The Bertz CT molecular complexity index is 1060. The molecule has 0 aliphatic rings. The molecule has 0 aromatic heterocycles. The lowest BCUT2D eigenvalue weighted by atomic mass is 10.2. The number of amides is 1. The quantitative estimate of drug-likeness (QED) is 0.478. The molecule has 0 spiro atoms. The summed E-state index contributed by atoms with van der Waals surface area (Å²) < 4.78 is 13.2. The fourth-order valence-electron chi connectivity index (χ4n) is 3.17. The number of hydrogen-bond acceptors (Lipinski definition) is 1. The minimum atomic E-state index is -0.900. The lowest BCUT2D eigenvalue weighted by Gasteiger charge is -2.22. The van der Waals surface area contributed by atoms with Crippen molar-refractivity contribution in [3.05, 3.63) is 121 Å². The Morgan fingerprint density at radius 2 is 1.17 bits per heavy atom. The molecule has 0 radical (unpaired) electrons. The first-order valence-electron chi connectivity index (χ1n) is 9.28. The van der Waals surface area contributed by atoms with E-state index in [-0.39, 0.29) is 11.7 Å². The third-order valence-electron chi connectivity index (χ3n) is 4.52. The van der Waals surface area contributed by atoms with Crippen LogP contribution in [-0.2, 0) is 0 Å². The zero-order valence-corrected chi connectivity index (χ0v) is 16.5. The van der Waals surface area contributed by atoms with E-state index < -0.39 is 7.92 Å². The standard InChI is InChI=1S/C25H19FNOP/c26-19-15-17-20(18-16-19)27-25(28)23-13-7-8-14-24(23)29(21-9-3-1-4-10-21)22-11-5-2-6-12-22/h1-18H,(H,27,28). The SMILES string of the molecule is O=C(Nc1ccc(F)cc1)c1ccccc1P(c1ccccc1)c1ccccc1. The summed E-state index contributed by atoms with van der Waals surface area (Å²) >= 11 is 0. The minimum Gasteiger partial charge on any atom is -0.322 e. The van der Waals surface area contributed by atoms with Gasteiger partial charge in [0.2, 0.25) is 0 Å². The summed E-state index contributed by atoms with van der Waals surface area (Å²) in [6.45, 7) is 0. The van der Waals surface area contributed by atoms with Gasteiger partial charge in [0.15, 0.2) is 0 Å². The first-order valence-corrected chi connectivity index (χ1v) is 10.6. The lowest BCUT2D eigenvalue weighted by molar-refractivity contribution is 0.102. The zero-order chi connectivity index (χ0) is 20.1. The number of hydrogen-bond donors (Lipinski definition) is 1. The van der Waals surface area contributed by atoms with E-state index in [1.807, 2.05) is 60.7 Å². The van der Waals surface area contributed by atoms with E-state index in [4.69, 9.17) is 0 Å². The Balaban J connectivity index is 1.76. The lowest BCUT2D eigenvalue weighted by Crippen LogP contribution is -2.27. The van der Waals surface area contributed by atoms with Crippen LogP contribution in [0.3, 0.4) is 0 Å². The molecule has 29 heavy (non-hydrogen) atoms. The number of halogens is 1. The largest absolute Gasteiger partial charge is 0.322 e. The monoisotopic (exact) mass is 399 g/mol. The Morgan fingerprint density at radius 3 is 1.76 bits per heavy atom. The molecule has 0 saturated carbocycles. The third-order valence-corrected chi connectivity index (χ3v) is 7.02. The number of nitrogens with one attached hydrogen (secondary N) is 1.